The Balaban J connectivity index is 2.32. The van der Waals surface area contributed by atoms with Crippen LogP contribution in [0.3, 0.4) is 0 Å². The lowest BCUT2D eigenvalue weighted by molar-refractivity contribution is 0.102. The van der Waals surface area contributed by atoms with Crippen molar-refractivity contribution in [2.45, 2.75) is 20.8 Å². The highest BCUT2D eigenvalue weighted by Crippen LogP contribution is 2.28. The van der Waals surface area contributed by atoms with Crippen LogP contribution in [0.25, 0.3) is 0 Å². The lowest BCUT2D eigenvalue weighted by Crippen LogP contribution is -2.25. The second kappa shape index (κ2) is 7.97. The Morgan fingerprint density at radius 2 is 1.96 bits per heavy atom. The van der Waals surface area contributed by atoms with Crippen molar-refractivity contribution in [3.05, 3.63) is 40.8 Å². The van der Waals surface area contributed by atoms with E-state index in [-0.39, 0.29) is 5.91 Å². The van der Waals surface area contributed by atoms with E-state index in [1.165, 1.54) is 7.11 Å². The first-order valence-electron chi connectivity index (χ1n) is 7.74. The molecule has 1 N–H and O–H groups in total. The number of benzene rings is 1. The van der Waals surface area contributed by atoms with E-state index < -0.39 is 0 Å². The summed E-state index contributed by atoms with van der Waals surface area (Å²) in [6.07, 6.45) is 0. The summed E-state index contributed by atoms with van der Waals surface area (Å²) in [5.41, 5.74) is 0.794. The minimum absolute atomic E-state index is 0.298. The zero-order valence-corrected chi connectivity index (χ0v) is 15.0. The topological polar surface area (TPSA) is 67.4 Å². The molecule has 1 aromatic carbocycles. The lowest BCUT2D eigenvalue weighted by atomic mass is 10.2. The number of carbonyl (C=O) groups is 1. The summed E-state index contributed by atoms with van der Waals surface area (Å²) < 4.78 is 5.24. The van der Waals surface area contributed by atoms with E-state index in [2.05, 4.69) is 20.2 Å². The normalized spacial score (nSPS) is 10.4. The molecule has 0 aliphatic heterocycles. The lowest BCUT2D eigenvalue weighted by Gasteiger charge is -2.20. The molecule has 1 amide bonds. The highest BCUT2D eigenvalue weighted by atomic mass is 35.5. The van der Waals surface area contributed by atoms with Crippen molar-refractivity contribution in [1.82, 2.24) is 9.97 Å². The van der Waals surface area contributed by atoms with Crippen molar-refractivity contribution >= 4 is 29.0 Å². The van der Waals surface area contributed by atoms with E-state index in [0.717, 1.165) is 18.9 Å². The number of nitrogens with zero attached hydrogens (tertiary/aromatic N) is 3. The van der Waals surface area contributed by atoms with Gasteiger partial charge in [0, 0.05) is 24.2 Å². The first kappa shape index (κ1) is 18.0. The maximum absolute atomic E-state index is 12.6. The van der Waals surface area contributed by atoms with Gasteiger partial charge in [-0.05, 0) is 39.0 Å². The number of methoxy groups -OCH3 is 1. The van der Waals surface area contributed by atoms with Crippen molar-refractivity contribution in [3.63, 3.8) is 0 Å². The van der Waals surface area contributed by atoms with Gasteiger partial charge in [0.25, 0.3) is 5.91 Å². The fourth-order valence-corrected chi connectivity index (χ4v) is 2.51. The Kier molecular flexibility index (Phi) is 5.98. The van der Waals surface area contributed by atoms with E-state index in [1.54, 1.807) is 31.2 Å². The highest BCUT2D eigenvalue weighted by molar-refractivity contribution is 6.31. The molecule has 0 saturated carbocycles. The minimum Gasteiger partial charge on any atom is -0.495 e. The van der Waals surface area contributed by atoms with E-state index in [0.29, 0.717) is 28.0 Å². The molecular weight excluding hydrogens is 328 g/mol. The average molecular weight is 349 g/mol. The first-order valence-corrected chi connectivity index (χ1v) is 8.11. The Bertz CT molecular complexity index is 733. The Morgan fingerprint density at radius 1 is 1.25 bits per heavy atom. The molecule has 128 valence electrons. The van der Waals surface area contributed by atoms with Gasteiger partial charge in [-0.3, -0.25) is 4.79 Å². The number of rotatable bonds is 6. The van der Waals surface area contributed by atoms with Crippen LogP contribution in [0.15, 0.2) is 24.3 Å². The van der Waals surface area contributed by atoms with E-state index in [9.17, 15) is 4.79 Å². The number of halogens is 1. The first-order chi connectivity index (χ1) is 11.5. The second-order valence-corrected chi connectivity index (χ2v) is 5.57. The van der Waals surface area contributed by atoms with Crippen LogP contribution in [0.2, 0.25) is 5.02 Å². The van der Waals surface area contributed by atoms with Crippen LogP contribution in [-0.4, -0.2) is 36.1 Å². The van der Waals surface area contributed by atoms with Gasteiger partial charge < -0.3 is 15.0 Å². The van der Waals surface area contributed by atoms with Gasteiger partial charge in [-0.1, -0.05) is 11.6 Å². The standard InChI is InChI=1S/C17H21ClN4O2/c1-5-22(6-2)16-10-14(19-11(3)20-16)17(23)21-13-9-12(18)7-8-15(13)24-4/h7-10H,5-6H2,1-4H3,(H,21,23). The highest BCUT2D eigenvalue weighted by Gasteiger charge is 2.15. The zero-order chi connectivity index (χ0) is 17.7. The molecule has 1 aromatic heterocycles. The summed E-state index contributed by atoms with van der Waals surface area (Å²) in [6.45, 7) is 7.45. The van der Waals surface area contributed by atoms with Crippen molar-refractivity contribution in [2.75, 3.05) is 30.4 Å². The average Bonchev–Trinajstić information content (AvgIpc) is 2.55. The third-order valence-corrected chi connectivity index (χ3v) is 3.79. The molecule has 0 saturated heterocycles. The van der Waals surface area contributed by atoms with Crippen LogP contribution < -0.4 is 15.0 Å². The van der Waals surface area contributed by atoms with E-state index in [1.807, 2.05) is 13.8 Å². The van der Waals surface area contributed by atoms with Crippen LogP contribution in [0.4, 0.5) is 11.5 Å². The maximum atomic E-state index is 12.6. The molecule has 6 nitrogen and oxygen atoms in total. The molecule has 0 bridgehead atoms. The number of nitrogens with one attached hydrogen (secondary N) is 1. The number of hydrogen-bond donors (Lipinski definition) is 1. The summed E-state index contributed by atoms with van der Waals surface area (Å²) in [5.74, 6) is 1.47. The van der Waals surface area contributed by atoms with Gasteiger partial charge in [0.1, 0.15) is 23.1 Å². The number of aromatic nitrogens is 2. The number of aryl methyl sites for hydroxylation is 1. The van der Waals surface area contributed by atoms with Crippen molar-refractivity contribution in [2.24, 2.45) is 0 Å². The fourth-order valence-electron chi connectivity index (χ4n) is 2.34. The van der Waals surface area contributed by atoms with E-state index in [4.69, 9.17) is 16.3 Å². The molecule has 2 rings (SSSR count). The number of ether oxygens (including phenoxy) is 1. The molecule has 0 radical (unpaired) electrons. The quantitative estimate of drug-likeness (QED) is 0.864. The van der Waals surface area contributed by atoms with Gasteiger partial charge in [0.2, 0.25) is 0 Å². The monoisotopic (exact) mass is 348 g/mol. The largest absolute Gasteiger partial charge is 0.495 e. The summed E-state index contributed by atoms with van der Waals surface area (Å²) in [5, 5.41) is 3.30. The van der Waals surface area contributed by atoms with Gasteiger partial charge in [0.15, 0.2) is 0 Å². The van der Waals surface area contributed by atoms with E-state index >= 15 is 0 Å². The Labute approximate surface area is 146 Å². The van der Waals surface area contributed by atoms with Crippen LogP contribution in [0.1, 0.15) is 30.2 Å². The Hall–Kier alpha value is -2.34. The smallest absolute Gasteiger partial charge is 0.274 e. The van der Waals surface area contributed by atoms with Gasteiger partial charge in [-0.2, -0.15) is 0 Å². The van der Waals surface area contributed by atoms with Gasteiger partial charge in [-0.25, -0.2) is 9.97 Å². The molecular formula is C17H21ClN4O2. The molecule has 0 atom stereocenters. The molecule has 0 aliphatic rings. The predicted molar refractivity (Wildman–Crippen MR) is 96.3 cm³/mol. The fraction of sp³-hybridized carbons (Fsp3) is 0.353. The van der Waals surface area contributed by atoms with Crippen molar-refractivity contribution in [3.8, 4) is 5.75 Å². The van der Waals surface area contributed by atoms with Gasteiger partial charge in [-0.15, -0.1) is 0 Å². The van der Waals surface area contributed by atoms with Gasteiger partial charge in [0.05, 0.1) is 12.8 Å². The van der Waals surface area contributed by atoms with Crippen molar-refractivity contribution < 1.29 is 9.53 Å². The number of amides is 1. The molecule has 2 aromatic rings. The van der Waals surface area contributed by atoms with Crippen LogP contribution in [0.5, 0.6) is 5.75 Å². The molecule has 7 heteroatoms. The second-order valence-electron chi connectivity index (χ2n) is 5.13. The molecule has 0 aliphatic carbocycles. The number of anilines is 2. The third-order valence-electron chi connectivity index (χ3n) is 3.55. The van der Waals surface area contributed by atoms with Crippen LogP contribution >= 0.6 is 11.6 Å². The van der Waals surface area contributed by atoms with Gasteiger partial charge >= 0.3 is 0 Å². The molecule has 24 heavy (non-hydrogen) atoms. The van der Waals surface area contributed by atoms with Crippen LogP contribution in [-0.2, 0) is 0 Å². The maximum Gasteiger partial charge on any atom is 0.274 e. The molecule has 0 unspecified atom stereocenters. The molecule has 1 heterocycles. The Morgan fingerprint density at radius 3 is 2.58 bits per heavy atom. The molecule has 0 fully saturated rings. The molecule has 0 spiro atoms. The summed E-state index contributed by atoms with van der Waals surface area (Å²) >= 11 is 5.99. The number of hydrogen-bond acceptors (Lipinski definition) is 5. The summed E-state index contributed by atoms with van der Waals surface area (Å²) in [6, 6.07) is 6.72. The minimum atomic E-state index is -0.338. The predicted octanol–water partition coefficient (Wildman–Crippen LogP) is 3.55. The summed E-state index contributed by atoms with van der Waals surface area (Å²) in [7, 11) is 1.53. The van der Waals surface area contributed by atoms with Crippen molar-refractivity contribution in [1.29, 1.82) is 0 Å². The number of carbonyl (C=O) groups excluding carboxylic acids is 1. The third kappa shape index (κ3) is 4.14. The zero-order valence-electron chi connectivity index (χ0n) is 14.3. The SMILES string of the molecule is CCN(CC)c1cc(C(=O)Nc2cc(Cl)ccc2OC)nc(C)n1. The van der Waals surface area contributed by atoms with Crippen LogP contribution in [0, 0.1) is 6.92 Å². The summed E-state index contributed by atoms with van der Waals surface area (Å²) in [4.78, 5) is 23.3.